The SMILES string of the molecule is NC(=O)c1nc(Nc2ccc(OCc3ccoc3)c(Cl)c2)c2ccccc2n1. The van der Waals surface area contributed by atoms with Crippen LogP contribution in [0.15, 0.2) is 65.5 Å². The Bertz CT molecular complexity index is 1150. The molecule has 2 heterocycles. The molecule has 0 saturated carbocycles. The van der Waals surface area contributed by atoms with Crippen LogP contribution in [0.1, 0.15) is 16.2 Å². The number of furan rings is 1. The molecule has 0 bridgehead atoms. The summed E-state index contributed by atoms with van der Waals surface area (Å²) in [5, 5.41) is 4.35. The van der Waals surface area contributed by atoms with E-state index in [1.54, 1.807) is 36.8 Å². The summed E-state index contributed by atoms with van der Waals surface area (Å²) in [6.45, 7) is 0.349. The van der Waals surface area contributed by atoms with Gasteiger partial charge in [-0.05, 0) is 36.4 Å². The third-order valence-corrected chi connectivity index (χ3v) is 4.29. The van der Waals surface area contributed by atoms with Crippen molar-refractivity contribution < 1.29 is 13.9 Å². The third-order valence-electron chi connectivity index (χ3n) is 3.99. The summed E-state index contributed by atoms with van der Waals surface area (Å²) in [4.78, 5) is 20.0. The number of nitrogens with zero attached hydrogens (tertiary/aromatic N) is 2. The van der Waals surface area contributed by atoms with Crippen molar-refractivity contribution in [3.63, 3.8) is 0 Å². The number of anilines is 2. The zero-order valence-corrected chi connectivity index (χ0v) is 15.3. The molecule has 3 N–H and O–H groups in total. The predicted octanol–water partition coefficient (Wildman–Crippen LogP) is 4.30. The zero-order chi connectivity index (χ0) is 19.5. The fraction of sp³-hybridized carbons (Fsp3) is 0.0500. The summed E-state index contributed by atoms with van der Waals surface area (Å²) < 4.78 is 10.7. The molecule has 0 radical (unpaired) electrons. The van der Waals surface area contributed by atoms with E-state index in [1.807, 2.05) is 24.3 Å². The number of ether oxygens (including phenoxy) is 1. The lowest BCUT2D eigenvalue weighted by Crippen LogP contribution is -2.16. The molecule has 1 amide bonds. The Balaban J connectivity index is 1.60. The summed E-state index contributed by atoms with van der Waals surface area (Å²) in [6.07, 6.45) is 3.19. The molecule has 4 aromatic rings. The van der Waals surface area contributed by atoms with Crippen molar-refractivity contribution in [1.29, 1.82) is 0 Å². The van der Waals surface area contributed by atoms with Crippen molar-refractivity contribution in [2.24, 2.45) is 5.73 Å². The fourth-order valence-electron chi connectivity index (χ4n) is 2.65. The maximum Gasteiger partial charge on any atom is 0.286 e. The molecule has 0 aliphatic rings. The number of rotatable bonds is 6. The number of carbonyl (C=O) groups excluding carboxylic acids is 1. The number of nitrogens with two attached hydrogens (primary N) is 1. The second kappa shape index (κ2) is 7.58. The highest BCUT2D eigenvalue weighted by molar-refractivity contribution is 6.32. The summed E-state index contributed by atoms with van der Waals surface area (Å²) in [7, 11) is 0. The molecule has 0 aliphatic carbocycles. The van der Waals surface area contributed by atoms with Gasteiger partial charge in [-0.2, -0.15) is 0 Å². The van der Waals surface area contributed by atoms with Crippen LogP contribution in [-0.2, 0) is 6.61 Å². The van der Waals surface area contributed by atoms with Crippen LogP contribution in [0.5, 0.6) is 5.75 Å². The Morgan fingerprint density at radius 2 is 2.04 bits per heavy atom. The largest absolute Gasteiger partial charge is 0.487 e. The van der Waals surface area contributed by atoms with Gasteiger partial charge in [0.05, 0.1) is 23.1 Å². The van der Waals surface area contributed by atoms with Crippen molar-refractivity contribution >= 4 is 39.9 Å². The average molecular weight is 395 g/mol. The van der Waals surface area contributed by atoms with Gasteiger partial charge in [-0.25, -0.2) is 9.97 Å². The number of amides is 1. The molecule has 8 heteroatoms. The van der Waals surface area contributed by atoms with E-state index in [2.05, 4.69) is 15.3 Å². The van der Waals surface area contributed by atoms with Gasteiger partial charge in [0.25, 0.3) is 5.91 Å². The Labute approximate surface area is 165 Å². The normalized spacial score (nSPS) is 10.8. The first-order chi connectivity index (χ1) is 13.6. The van der Waals surface area contributed by atoms with E-state index < -0.39 is 5.91 Å². The molecular weight excluding hydrogens is 380 g/mol. The van der Waals surface area contributed by atoms with Crippen LogP contribution in [0.4, 0.5) is 11.5 Å². The van der Waals surface area contributed by atoms with E-state index in [0.717, 1.165) is 10.9 Å². The molecule has 0 aliphatic heterocycles. The number of hydrogen-bond donors (Lipinski definition) is 2. The first kappa shape index (κ1) is 17.8. The highest BCUT2D eigenvalue weighted by atomic mass is 35.5. The fourth-order valence-corrected chi connectivity index (χ4v) is 2.89. The summed E-state index contributed by atoms with van der Waals surface area (Å²) in [6, 6.07) is 14.4. The highest BCUT2D eigenvalue weighted by Gasteiger charge is 2.12. The molecule has 7 nitrogen and oxygen atoms in total. The van der Waals surface area contributed by atoms with Crippen molar-refractivity contribution in [2.75, 3.05) is 5.32 Å². The highest BCUT2D eigenvalue weighted by Crippen LogP contribution is 2.31. The third kappa shape index (κ3) is 3.74. The second-order valence-electron chi connectivity index (χ2n) is 5.97. The van der Waals surface area contributed by atoms with Crippen LogP contribution in [0.2, 0.25) is 5.02 Å². The number of halogens is 1. The first-order valence-corrected chi connectivity index (χ1v) is 8.75. The molecule has 28 heavy (non-hydrogen) atoms. The Morgan fingerprint density at radius 3 is 2.79 bits per heavy atom. The minimum absolute atomic E-state index is 0.0626. The molecule has 0 saturated heterocycles. The maximum absolute atomic E-state index is 11.5. The van der Waals surface area contributed by atoms with Gasteiger partial charge in [-0.15, -0.1) is 0 Å². The van der Waals surface area contributed by atoms with Gasteiger partial charge in [0.15, 0.2) is 0 Å². The van der Waals surface area contributed by atoms with E-state index in [9.17, 15) is 4.79 Å². The molecule has 4 rings (SSSR count). The number of hydrogen-bond acceptors (Lipinski definition) is 6. The lowest BCUT2D eigenvalue weighted by molar-refractivity contribution is 0.0991. The average Bonchev–Trinajstić information content (AvgIpc) is 3.21. The van der Waals surface area contributed by atoms with E-state index in [0.29, 0.717) is 34.4 Å². The Morgan fingerprint density at radius 1 is 1.18 bits per heavy atom. The molecule has 0 unspecified atom stereocenters. The van der Waals surface area contributed by atoms with E-state index >= 15 is 0 Å². The van der Waals surface area contributed by atoms with Gasteiger partial charge in [-0.1, -0.05) is 23.7 Å². The second-order valence-corrected chi connectivity index (χ2v) is 6.37. The van der Waals surface area contributed by atoms with Crippen LogP contribution >= 0.6 is 11.6 Å². The maximum atomic E-state index is 11.5. The lowest BCUT2D eigenvalue weighted by atomic mass is 10.2. The Kier molecular flexibility index (Phi) is 4.82. The summed E-state index contributed by atoms with van der Waals surface area (Å²) >= 11 is 6.34. The first-order valence-electron chi connectivity index (χ1n) is 8.37. The molecule has 0 atom stereocenters. The summed E-state index contributed by atoms with van der Waals surface area (Å²) in [5.41, 5.74) is 7.55. The zero-order valence-electron chi connectivity index (χ0n) is 14.6. The van der Waals surface area contributed by atoms with Gasteiger partial charge < -0.3 is 20.2 Å². The van der Waals surface area contributed by atoms with E-state index in [-0.39, 0.29) is 5.82 Å². The Hall–Kier alpha value is -3.58. The standard InChI is InChI=1S/C20H15ClN4O3/c21-15-9-13(5-6-17(15)28-11-12-7-8-27-10-12)23-19-14-3-1-2-4-16(14)24-20(25-19)18(22)26/h1-10H,11H2,(H2,22,26)(H,23,24,25). The van der Waals surface area contributed by atoms with Gasteiger partial charge in [0, 0.05) is 16.6 Å². The van der Waals surface area contributed by atoms with Crippen molar-refractivity contribution in [3.05, 3.63) is 77.5 Å². The van der Waals surface area contributed by atoms with E-state index in [1.165, 1.54) is 0 Å². The van der Waals surface area contributed by atoms with Crippen molar-refractivity contribution in [2.45, 2.75) is 6.61 Å². The number of nitrogens with one attached hydrogen (secondary N) is 1. The molecular formula is C20H15ClN4O3. The monoisotopic (exact) mass is 394 g/mol. The van der Waals surface area contributed by atoms with Crippen LogP contribution < -0.4 is 15.8 Å². The van der Waals surface area contributed by atoms with Gasteiger partial charge >= 0.3 is 0 Å². The van der Waals surface area contributed by atoms with Crippen LogP contribution in [0.3, 0.4) is 0 Å². The number of para-hydroxylation sites is 1. The molecule has 0 fully saturated rings. The van der Waals surface area contributed by atoms with Gasteiger partial charge in [0.1, 0.15) is 18.2 Å². The lowest BCUT2D eigenvalue weighted by Gasteiger charge is -2.12. The number of carbonyl (C=O) groups is 1. The van der Waals surface area contributed by atoms with Gasteiger partial charge in [0.2, 0.25) is 5.82 Å². The van der Waals surface area contributed by atoms with Crippen molar-refractivity contribution in [1.82, 2.24) is 9.97 Å². The number of fused-ring (bicyclic) bond motifs is 1. The quantitative estimate of drug-likeness (QED) is 0.505. The predicted molar refractivity (Wildman–Crippen MR) is 106 cm³/mol. The minimum Gasteiger partial charge on any atom is -0.487 e. The molecule has 140 valence electrons. The minimum atomic E-state index is -0.699. The number of benzene rings is 2. The van der Waals surface area contributed by atoms with Crippen LogP contribution in [0, 0.1) is 0 Å². The molecule has 0 spiro atoms. The topological polar surface area (TPSA) is 103 Å². The number of aromatic nitrogens is 2. The smallest absolute Gasteiger partial charge is 0.286 e. The van der Waals surface area contributed by atoms with Crippen LogP contribution in [-0.4, -0.2) is 15.9 Å². The summed E-state index contributed by atoms with van der Waals surface area (Å²) in [5.74, 6) is 0.239. The number of primary amides is 1. The van der Waals surface area contributed by atoms with Crippen LogP contribution in [0.25, 0.3) is 10.9 Å². The molecule has 2 aromatic carbocycles. The van der Waals surface area contributed by atoms with Crippen molar-refractivity contribution in [3.8, 4) is 5.75 Å². The molecule has 2 aromatic heterocycles. The van der Waals surface area contributed by atoms with Gasteiger partial charge in [-0.3, -0.25) is 4.79 Å². The van der Waals surface area contributed by atoms with E-state index in [4.69, 9.17) is 26.5 Å².